The molecule has 3 N–H and O–H groups in total. The molecule has 1 aliphatic rings. The van der Waals surface area contributed by atoms with Crippen LogP contribution in [0.25, 0.3) is 0 Å². The molecule has 0 aromatic rings. The Kier molecular flexibility index (Phi) is 8.71. The van der Waals surface area contributed by atoms with E-state index in [1.807, 2.05) is 0 Å². The molecule has 0 saturated carbocycles. The third-order valence-corrected chi connectivity index (χ3v) is 2.64. The first-order chi connectivity index (χ1) is 8.01. The molecule has 0 amide bonds. The zero-order valence-electron chi connectivity index (χ0n) is 10.5. The average Bonchev–Trinajstić information content (AvgIpc) is 2.72. The Morgan fingerprint density at radius 2 is 2.24 bits per heavy atom. The first-order valence-corrected chi connectivity index (χ1v) is 6.36. The number of carbonyl (C=O) groups is 1. The lowest BCUT2D eigenvalue weighted by molar-refractivity contribution is -0.137. The van der Waals surface area contributed by atoms with Crippen molar-refractivity contribution in [1.82, 2.24) is 9.80 Å². The van der Waals surface area contributed by atoms with Crippen molar-refractivity contribution in [3.63, 3.8) is 0 Å². The summed E-state index contributed by atoms with van der Waals surface area (Å²) in [5, 5.41) is 8.01. The standard InChI is InChI=1S/C8H16N2.C3H7NO2S/c1-3-4-5-10-7-6-9(2)8-10;4-2(1-7)3(5)6/h6-7H,3-5,8H2,1-2H3;2,7H,1,4H2,(H,5,6). The normalized spacial score (nSPS) is 15.5. The highest BCUT2D eigenvalue weighted by Gasteiger charge is 2.06. The number of rotatable bonds is 5. The predicted molar refractivity (Wildman–Crippen MR) is 72.8 cm³/mol. The van der Waals surface area contributed by atoms with E-state index in [1.54, 1.807) is 0 Å². The van der Waals surface area contributed by atoms with Gasteiger partial charge in [-0.2, -0.15) is 12.6 Å². The summed E-state index contributed by atoms with van der Waals surface area (Å²) < 4.78 is 0. The lowest BCUT2D eigenvalue weighted by Crippen LogP contribution is -2.31. The van der Waals surface area contributed by atoms with Gasteiger partial charge in [-0.3, -0.25) is 4.79 Å². The summed E-state index contributed by atoms with van der Waals surface area (Å²) in [6.45, 7) is 4.50. The lowest BCUT2D eigenvalue weighted by Gasteiger charge is -2.17. The van der Waals surface area contributed by atoms with Crippen molar-refractivity contribution < 1.29 is 9.90 Å². The minimum atomic E-state index is -1.00. The fourth-order valence-corrected chi connectivity index (χ4v) is 1.33. The van der Waals surface area contributed by atoms with Gasteiger partial charge in [-0.05, 0) is 6.42 Å². The summed E-state index contributed by atoms with van der Waals surface area (Å²) in [6, 6.07) is -0.816. The minimum absolute atomic E-state index is 0.190. The van der Waals surface area contributed by atoms with Crippen LogP contribution in [0.4, 0.5) is 0 Å². The molecule has 0 aromatic heterocycles. The van der Waals surface area contributed by atoms with Gasteiger partial charge in [0.15, 0.2) is 0 Å². The zero-order chi connectivity index (χ0) is 13.3. The van der Waals surface area contributed by atoms with Gasteiger partial charge in [0, 0.05) is 31.7 Å². The topological polar surface area (TPSA) is 69.8 Å². The maximum absolute atomic E-state index is 9.76. The first kappa shape index (κ1) is 16.1. The van der Waals surface area contributed by atoms with Crippen LogP contribution in [0.5, 0.6) is 0 Å². The van der Waals surface area contributed by atoms with Gasteiger partial charge in [0.05, 0.1) is 6.67 Å². The number of thiol groups is 1. The van der Waals surface area contributed by atoms with E-state index in [4.69, 9.17) is 10.8 Å². The summed E-state index contributed by atoms with van der Waals surface area (Å²) >= 11 is 3.65. The number of carboxylic acids is 1. The summed E-state index contributed by atoms with van der Waals surface area (Å²) in [4.78, 5) is 14.3. The number of aliphatic carboxylic acids is 1. The summed E-state index contributed by atoms with van der Waals surface area (Å²) in [6.07, 6.45) is 6.87. The quantitative estimate of drug-likeness (QED) is 0.638. The van der Waals surface area contributed by atoms with E-state index in [2.05, 4.69) is 48.8 Å². The van der Waals surface area contributed by atoms with Crippen molar-refractivity contribution in [3.05, 3.63) is 12.4 Å². The van der Waals surface area contributed by atoms with Crippen molar-refractivity contribution in [1.29, 1.82) is 0 Å². The van der Waals surface area contributed by atoms with E-state index in [0.717, 1.165) is 6.67 Å². The predicted octanol–water partition coefficient (Wildman–Crippen LogP) is 0.791. The Bertz CT molecular complexity index is 249. The number of carboxylic acid groups (broad SMARTS) is 1. The van der Waals surface area contributed by atoms with Crippen molar-refractivity contribution in [3.8, 4) is 0 Å². The molecule has 1 unspecified atom stereocenters. The average molecular weight is 261 g/mol. The fourth-order valence-electron chi connectivity index (χ4n) is 1.17. The SMILES string of the molecule is CCCCN1C=CN(C)C1.NC(CS)C(=O)O. The lowest BCUT2D eigenvalue weighted by atomic mass is 10.3. The molecule has 17 heavy (non-hydrogen) atoms. The third kappa shape index (κ3) is 7.93. The Balaban J connectivity index is 0.000000325. The van der Waals surface area contributed by atoms with E-state index >= 15 is 0 Å². The molecule has 0 fully saturated rings. The van der Waals surface area contributed by atoms with Gasteiger partial charge in [0.25, 0.3) is 0 Å². The molecule has 100 valence electrons. The maximum atomic E-state index is 9.76. The monoisotopic (exact) mass is 261 g/mol. The molecular formula is C11H23N3O2S. The molecule has 1 aliphatic heterocycles. The number of nitrogens with two attached hydrogens (primary N) is 1. The summed E-state index contributed by atoms with van der Waals surface area (Å²) in [5.74, 6) is -0.815. The second-order valence-corrected chi connectivity index (χ2v) is 4.35. The maximum Gasteiger partial charge on any atom is 0.321 e. The van der Waals surface area contributed by atoms with Gasteiger partial charge < -0.3 is 20.6 Å². The van der Waals surface area contributed by atoms with Crippen molar-refractivity contribution in [2.24, 2.45) is 5.73 Å². The highest BCUT2D eigenvalue weighted by atomic mass is 32.1. The minimum Gasteiger partial charge on any atom is -0.480 e. The van der Waals surface area contributed by atoms with Crippen LogP contribution in [-0.2, 0) is 4.79 Å². The molecule has 1 heterocycles. The van der Waals surface area contributed by atoms with E-state index in [1.165, 1.54) is 19.4 Å². The zero-order valence-corrected chi connectivity index (χ0v) is 11.4. The first-order valence-electron chi connectivity index (χ1n) is 5.73. The van der Waals surface area contributed by atoms with Crippen LogP contribution in [0, 0.1) is 0 Å². The highest BCUT2D eigenvalue weighted by molar-refractivity contribution is 7.80. The van der Waals surface area contributed by atoms with Crippen LogP contribution >= 0.6 is 12.6 Å². The molecular weight excluding hydrogens is 238 g/mol. The number of unbranched alkanes of at least 4 members (excludes halogenated alkanes) is 1. The number of hydrogen-bond donors (Lipinski definition) is 3. The Morgan fingerprint density at radius 1 is 1.59 bits per heavy atom. The summed E-state index contributed by atoms with van der Waals surface area (Å²) in [5.41, 5.74) is 4.94. The number of hydrogen-bond acceptors (Lipinski definition) is 5. The van der Waals surface area contributed by atoms with Crippen molar-refractivity contribution >= 4 is 18.6 Å². The van der Waals surface area contributed by atoms with E-state index in [-0.39, 0.29) is 5.75 Å². The van der Waals surface area contributed by atoms with Gasteiger partial charge in [0.1, 0.15) is 6.04 Å². The molecule has 0 saturated heterocycles. The molecule has 1 atom stereocenters. The second-order valence-electron chi connectivity index (χ2n) is 3.99. The fraction of sp³-hybridized carbons (Fsp3) is 0.727. The molecule has 6 heteroatoms. The Hall–Kier alpha value is -0.880. The van der Waals surface area contributed by atoms with E-state index in [0.29, 0.717) is 0 Å². The molecule has 0 bridgehead atoms. The van der Waals surface area contributed by atoms with Crippen LogP contribution in [-0.4, -0.2) is 52.9 Å². The van der Waals surface area contributed by atoms with Crippen LogP contribution in [0.3, 0.4) is 0 Å². The second kappa shape index (κ2) is 9.18. The van der Waals surface area contributed by atoms with Gasteiger partial charge in [-0.25, -0.2) is 0 Å². The van der Waals surface area contributed by atoms with Crippen molar-refractivity contribution in [2.75, 3.05) is 26.0 Å². The molecule has 0 aliphatic carbocycles. The van der Waals surface area contributed by atoms with Gasteiger partial charge in [0.2, 0.25) is 0 Å². The molecule has 0 aromatic carbocycles. The van der Waals surface area contributed by atoms with Crippen LogP contribution < -0.4 is 5.73 Å². The van der Waals surface area contributed by atoms with Crippen LogP contribution in [0.15, 0.2) is 12.4 Å². The van der Waals surface area contributed by atoms with Crippen LogP contribution in [0.1, 0.15) is 19.8 Å². The third-order valence-electron chi connectivity index (χ3n) is 2.25. The Morgan fingerprint density at radius 3 is 2.53 bits per heavy atom. The van der Waals surface area contributed by atoms with Crippen molar-refractivity contribution in [2.45, 2.75) is 25.8 Å². The Labute approximate surface area is 109 Å². The van der Waals surface area contributed by atoms with E-state index in [9.17, 15) is 4.79 Å². The van der Waals surface area contributed by atoms with Gasteiger partial charge >= 0.3 is 5.97 Å². The van der Waals surface area contributed by atoms with Crippen LogP contribution in [0.2, 0.25) is 0 Å². The van der Waals surface area contributed by atoms with E-state index < -0.39 is 12.0 Å². The number of nitrogens with zero attached hydrogens (tertiary/aromatic N) is 2. The van der Waals surface area contributed by atoms with Gasteiger partial charge in [-0.15, -0.1) is 0 Å². The summed E-state index contributed by atoms with van der Waals surface area (Å²) in [7, 11) is 2.10. The van der Waals surface area contributed by atoms with Gasteiger partial charge in [-0.1, -0.05) is 13.3 Å². The molecule has 1 rings (SSSR count). The molecule has 0 spiro atoms. The highest BCUT2D eigenvalue weighted by Crippen LogP contribution is 2.04. The molecule has 0 radical (unpaired) electrons. The smallest absolute Gasteiger partial charge is 0.321 e. The molecule has 5 nitrogen and oxygen atoms in total. The largest absolute Gasteiger partial charge is 0.480 e.